The summed E-state index contributed by atoms with van der Waals surface area (Å²) in [6.45, 7) is 1.89. The Morgan fingerprint density at radius 2 is 1.69 bits per heavy atom. The monoisotopic (exact) mass is 455 g/mol. The predicted molar refractivity (Wildman–Crippen MR) is 122 cm³/mol. The first-order valence-electron chi connectivity index (χ1n) is 11.2. The van der Waals surface area contributed by atoms with Crippen molar-refractivity contribution in [3.05, 3.63) is 60.2 Å². The molecule has 1 atom stereocenters. The number of sulfonamides is 1. The van der Waals surface area contributed by atoms with Gasteiger partial charge in [-0.15, -0.1) is 0 Å². The minimum atomic E-state index is -3.60. The topological polar surface area (TPSA) is 86.8 Å². The molecular weight excluding hydrogens is 426 g/mol. The van der Waals surface area contributed by atoms with Crippen LogP contribution in [-0.4, -0.2) is 49.1 Å². The van der Waals surface area contributed by atoms with Crippen LogP contribution in [0.4, 0.5) is 5.69 Å². The predicted octanol–water partition coefficient (Wildman–Crippen LogP) is 3.24. The van der Waals surface area contributed by atoms with Gasteiger partial charge in [-0.05, 0) is 36.6 Å². The van der Waals surface area contributed by atoms with Crippen LogP contribution in [0, 0.1) is 5.92 Å². The SMILES string of the molecule is O=C(Nc1cccc(S(=O)(=O)N2CCCCCC2)c1)C1CC(=O)N(Cc2ccccc2)C1. The van der Waals surface area contributed by atoms with Crippen LogP contribution < -0.4 is 5.32 Å². The van der Waals surface area contributed by atoms with Crippen molar-refractivity contribution in [3.8, 4) is 0 Å². The molecule has 1 N–H and O–H groups in total. The van der Waals surface area contributed by atoms with Crippen molar-refractivity contribution in [1.29, 1.82) is 0 Å². The maximum absolute atomic E-state index is 13.1. The highest BCUT2D eigenvalue weighted by Crippen LogP contribution is 2.25. The summed E-state index contributed by atoms with van der Waals surface area (Å²) in [6.07, 6.45) is 3.98. The second kappa shape index (κ2) is 9.83. The number of nitrogens with zero attached hydrogens (tertiary/aromatic N) is 2. The summed E-state index contributed by atoms with van der Waals surface area (Å²) in [5.74, 6) is -0.776. The van der Waals surface area contributed by atoms with Gasteiger partial charge in [0.15, 0.2) is 0 Å². The summed E-state index contributed by atoms with van der Waals surface area (Å²) >= 11 is 0. The van der Waals surface area contributed by atoms with Crippen molar-refractivity contribution in [3.63, 3.8) is 0 Å². The molecule has 1 unspecified atom stereocenters. The van der Waals surface area contributed by atoms with Crippen LogP contribution in [0.15, 0.2) is 59.5 Å². The summed E-state index contributed by atoms with van der Waals surface area (Å²) in [4.78, 5) is 27.1. The van der Waals surface area contributed by atoms with Gasteiger partial charge in [-0.1, -0.05) is 49.2 Å². The molecule has 2 aromatic carbocycles. The van der Waals surface area contributed by atoms with E-state index < -0.39 is 15.9 Å². The number of hydrogen-bond acceptors (Lipinski definition) is 4. The summed E-state index contributed by atoms with van der Waals surface area (Å²) in [5.41, 5.74) is 1.45. The molecule has 2 heterocycles. The Balaban J connectivity index is 1.41. The zero-order valence-electron chi connectivity index (χ0n) is 18.1. The molecule has 2 aromatic rings. The average Bonchev–Trinajstić information content (AvgIpc) is 2.98. The standard InChI is InChI=1S/C24H29N3O4S/c28-23-15-20(18-26(23)17-19-9-4-3-5-10-19)24(29)25-21-11-8-12-22(16-21)32(30,31)27-13-6-1-2-7-14-27/h3-5,8-12,16,20H,1-2,6-7,13-15,17-18H2,(H,25,29). The van der Waals surface area contributed by atoms with E-state index in [9.17, 15) is 18.0 Å². The number of rotatable bonds is 6. The van der Waals surface area contributed by atoms with Crippen molar-refractivity contribution < 1.29 is 18.0 Å². The molecule has 2 aliphatic rings. The number of carbonyl (C=O) groups is 2. The number of carbonyl (C=O) groups excluding carboxylic acids is 2. The fourth-order valence-corrected chi connectivity index (χ4v) is 5.88. The van der Waals surface area contributed by atoms with Crippen LogP contribution in [-0.2, 0) is 26.2 Å². The lowest BCUT2D eigenvalue weighted by Gasteiger charge is -2.20. The van der Waals surface area contributed by atoms with Gasteiger partial charge in [0.2, 0.25) is 21.8 Å². The summed E-state index contributed by atoms with van der Waals surface area (Å²) in [5, 5.41) is 2.82. The van der Waals surface area contributed by atoms with Gasteiger partial charge in [-0.2, -0.15) is 4.31 Å². The fraction of sp³-hybridized carbons (Fsp3) is 0.417. The number of nitrogens with one attached hydrogen (secondary N) is 1. The van der Waals surface area contributed by atoms with Gasteiger partial charge in [0.05, 0.1) is 10.8 Å². The highest BCUT2D eigenvalue weighted by Gasteiger charge is 2.34. The Kier molecular flexibility index (Phi) is 6.91. The van der Waals surface area contributed by atoms with Crippen LogP contribution in [0.2, 0.25) is 0 Å². The van der Waals surface area contributed by atoms with E-state index in [0.717, 1.165) is 31.2 Å². The van der Waals surface area contributed by atoms with Crippen LogP contribution in [0.25, 0.3) is 0 Å². The third kappa shape index (κ3) is 5.19. The molecule has 0 aromatic heterocycles. The van der Waals surface area contributed by atoms with Gasteiger partial charge in [-0.3, -0.25) is 9.59 Å². The highest BCUT2D eigenvalue weighted by atomic mass is 32.2. The first-order chi connectivity index (χ1) is 15.4. The summed E-state index contributed by atoms with van der Waals surface area (Å²) < 4.78 is 27.7. The summed E-state index contributed by atoms with van der Waals surface area (Å²) in [6, 6.07) is 16.1. The molecule has 2 amide bonds. The zero-order chi connectivity index (χ0) is 22.6. The van der Waals surface area contributed by atoms with Crippen molar-refractivity contribution in [2.24, 2.45) is 5.92 Å². The Labute approximate surface area is 189 Å². The third-order valence-corrected chi connectivity index (χ3v) is 8.00. The molecule has 0 saturated carbocycles. The van der Waals surface area contributed by atoms with Gasteiger partial charge < -0.3 is 10.2 Å². The van der Waals surface area contributed by atoms with Gasteiger partial charge in [0.25, 0.3) is 0 Å². The lowest BCUT2D eigenvalue weighted by Crippen LogP contribution is -2.32. The molecule has 7 nitrogen and oxygen atoms in total. The molecule has 32 heavy (non-hydrogen) atoms. The summed E-state index contributed by atoms with van der Waals surface area (Å²) in [7, 11) is -3.60. The molecule has 0 radical (unpaired) electrons. The van der Waals surface area contributed by atoms with Crippen molar-refractivity contribution in [2.45, 2.75) is 43.5 Å². The van der Waals surface area contributed by atoms with Crippen LogP contribution in [0.5, 0.6) is 0 Å². The molecule has 4 rings (SSSR count). The smallest absolute Gasteiger partial charge is 0.243 e. The first kappa shape index (κ1) is 22.5. The Bertz CT molecular complexity index is 1060. The Hall–Kier alpha value is -2.71. The van der Waals surface area contributed by atoms with E-state index in [0.29, 0.717) is 31.9 Å². The lowest BCUT2D eigenvalue weighted by molar-refractivity contribution is -0.128. The van der Waals surface area contributed by atoms with Gasteiger partial charge >= 0.3 is 0 Å². The molecule has 170 valence electrons. The molecule has 8 heteroatoms. The second-order valence-electron chi connectivity index (χ2n) is 8.50. The van der Waals surface area contributed by atoms with Crippen LogP contribution in [0.1, 0.15) is 37.7 Å². The van der Waals surface area contributed by atoms with Crippen molar-refractivity contribution >= 4 is 27.5 Å². The molecule has 0 aliphatic carbocycles. The maximum Gasteiger partial charge on any atom is 0.243 e. The Morgan fingerprint density at radius 3 is 2.41 bits per heavy atom. The second-order valence-corrected chi connectivity index (χ2v) is 10.4. The van der Waals surface area contributed by atoms with Crippen molar-refractivity contribution in [2.75, 3.05) is 25.0 Å². The number of anilines is 1. The molecule has 2 fully saturated rings. The quantitative estimate of drug-likeness (QED) is 0.725. The lowest BCUT2D eigenvalue weighted by atomic mass is 10.1. The molecule has 0 spiro atoms. The van der Waals surface area contributed by atoms with Crippen LogP contribution >= 0.6 is 0 Å². The number of benzene rings is 2. The first-order valence-corrected chi connectivity index (χ1v) is 12.6. The third-order valence-electron chi connectivity index (χ3n) is 6.11. The van der Waals surface area contributed by atoms with E-state index in [1.165, 1.54) is 10.4 Å². The molecule has 2 saturated heterocycles. The van der Waals surface area contributed by atoms with Crippen molar-refractivity contribution in [1.82, 2.24) is 9.21 Å². The number of amides is 2. The Morgan fingerprint density at radius 1 is 0.969 bits per heavy atom. The minimum Gasteiger partial charge on any atom is -0.338 e. The van der Waals surface area contributed by atoms with Gasteiger partial charge in [0.1, 0.15) is 0 Å². The number of hydrogen-bond donors (Lipinski definition) is 1. The average molecular weight is 456 g/mol. The fourth-order valence-electron chi connectivity index (χ4n) is 4.31. The minimum absolute atomic E-state index is 0.0495. The van der Waals surface area contributed by atoms with E-state index >= 15 is 0 Å². The van der Waals surface area contributed by atoms with Crippen LogP contribution in [0.3, 0.4) is 0 Å². The molecule has 2 aliphatic heterocycles. The van der Waals surface area contributed by atoms with Gasteiger partial charge in [-0.25, -0.2) is 8.42 Å². The highest BCUT2D eigenvalue weighted by molar-refractivity contribution is 7.89. The largest absolute Gasteiger partial charge is 0.338 e. The number of likely N-dealkylation sites (tertiary alicyclic amines) is 1. The zero-order valence-corrected chi connectivity index (χ0v) is 18.9. The normalized spacial score (nSPS) is 20.2. The van der Waals surface area contributed by atoms with Gasteiger partial charge in [0, 0.05) is 38.3 Å². The van der Waals surface area contributed by atoms with E-state index in [1.54, 1.807) is 23.1 Å². The van der Waals surface area contributed by atoms with E-state index in [2.05, 4.69) is 5.32 Å². The van der Waals surface area contributed by atoms with E-state index in [-0.39, 0.29) is 23.1 Å². The van der Waals surface area contributed by atoms with E-state index in [4.69, 9.17) is 0 Å². The molecular formula is C24H29N3O4S. The van der Waals surface area contributed by atoms with E-state index in [1.807, 2.05) is 30.3 Å². The molecule has 0 bridgehead atoms. The maximum atomic E-state index is 13.1.